The Hall–Kier alpha value is -3.33. The van der Waals surface area contributed by atoms with Crippen LogP contribution in [0.3, 0.4) is 0 Å². The largest absolute Gasteiger partial charge is 0.288 e. The number of amides is 4. The summed E-state index contributed by atoms with van der Waals surface area (Å²) in [5, 5.41) is 2.12. The molecule has 0 unspecified atom stereocenters. The SMILES string of the molecule is O=C1NC(=O)c2cc(S(=O)(=O)c3ccc4c(c3)C(=O)N(C3CCCCC3)C4=O)ccc21. The quantitative estimate of drug-likeness (QED) is 0.735. The van der Waals surface area contributed by atoms with Crippen LogP contribution in [0.15, 0.2) is 46.2 Å². The van der Waals surface area contributed by atoms with Crippen molar-refractivity contribution in [2.75, 3.05) is 0 Å². The number of hydrogen-bond acceptors (Lipinski definition) is 6. The Morgan fingerprint density at radius 2 is 1.26 bits per heavy atom. The predicted octanol–water partition coefficient (Wildman–Crippen LogP) is 2.33. The van der Waals surface area contributed by atoms with Crippen molar-refractivity contribution in [3.63, 3.8) is 0 Å². The standard InChI is InChI=1S/C22H18N2O6S/c25-19-15-8-6-13(10-17(15)20(26)23-19)31(29,30)14-7-9-16-18(11-14)22(28)24(21(16)27)12-4-2-1-3-5-12/h6-12H,1-5H2,(H,23,25,26). The van der Waals surface area contributed by atoms with Crippen LogP contribution >= 0.6 is 0 Å². The van der Waals surface area contributed by atoms with Gasteiger partial charge in [0.05, 0.1) is 32.0 Å². The zero-order valence-electron chi connectivity index (χ0n) is 16.4. The molecule has 158 valence electrons. The molecule has 0 saturated heterocycles. The topological polar surface area (TPSA) is 118 Å². The third-order valence-corrected chi connectivity index (χ3v) is 7.91. The molecule has 8 nitrogen and oxygen atoms in total. The Morgan fingerprint density at radius 1 is 0.710 bits per heavy atom. The highest BCUT2D eigenvalue weighted by Crippen LogP contribution is 2.33. The highest BCUT2D eigenvalue weighted by atomic mass is 32.2. The van der Waals surface area contributed by atoms with Gasteiger partial charge < -0.3 is 0 Å². The minimum absolute atomic E-state index is 0.0121. The van der Waals surface area contributed by atoms with Crippen LogP contribution in [-0.2, 0) is 9.84 Å². The molecule has 2 heterocycles. The lowest BCUT2D eigenvalue weighted by atomic mass is 9.94. The smallest absolute Gasteiger partial charge is 0.261 e. The van der Waals surface area contributed by atoms with Gasteiger partial charge in [0.2, 0.25) is 9.84 Å². The molecule has 0 aromatic heterocycles. The molecule has 3 aliphatic rings. The molecule has 2 aromatic rings. The van der Waals surface area contributed by atoms with Gasteiger partial charge in [-0.2, -0.15) is 0 Å². The van der Waals surface area contributed by atoms with E-state index in [1.807, 2.05) is 0 Å². The number of hydrogen-bond donors (Lipinski definition) is 1. The van der Waals surface area contributed by atoms with Gasteiger partial charge >= 0.3 is 0 Å². The van der Waals surface area contributed by atoms with Crippen LogP contribution in [-0.4, -0.2) is 43.0 Å². The zero-order chi connectivity index (χ0) is 21.9. The molecule has 1 N–H and O–H groups in total. The van der Waals surface area contributed by atoms with Gasteiger partial charge in [0.25, 0.3) is 23.6 Å². The molecule has 0 bridgehead atoms. The Morgan fingerprint density at radius 3 is 1.94 bits per heavy atom. The third kappa shape index (κ3) is 2.91. The van der Waals surface area contributed by atoms with Gasteiger partial charge in [0.1, 0.15) is 0 Å². The summed E-state index contributed by atoms with van der Waals surface area (Å²) < 4.78 is 26.3. The van der Waals surface area contributed by atoms with Crippen molar-refractivity contribution >= 4 is 33.5 Å². The van der Waals surface area contributed by atoms with Crippen LogP contribution in [0.1, 0.15) is 73.5 Å². The maximum absolute atomic E-state index is 13.2. The predicted molar refractivity (Wildman–Crippen MR) is 108 cm³/mol. The molecule has 2 aromatic carbocycles. The zero-order valence-corrected chi connectivity index (χ0v) is 17.2. The third-order valence-electron chi connectivity index (χ3n) is 6.16. The second-order valence-electron chi connectivity index (χ2n) is 7.97. The first-order valence-electron chi connectivity index (χ1n) is 10.1. The van der Waals surface area contributed by atoms with Gasteiger partial charge in [-0.05, 0) is 49.2 Å². The number of carbonyl (C=O) groups is 4. The Labute approximate surface area is 178 Å². The molecule has 1 saturated carbocycles. The van der Waals surface area contributed by atoms with Gasteiger partial charge in [0.15, 0.2) is 0 Å². The van der Waals surface area contributed by atoms with Gasteiger partial charge in [-0.1, -0.05) is 19.3 Å². The van der Waals surface area contributed by atoms with Crippen molar-refractivity contribution in [2.45, 2.75) is 47.9 Å². The summed E-state index contributed by atoms with van der Waals surface area (Å²) in [6.07, 6.45) is 4.49. The number of nitrogens with one attached hydrogen (secondary N) is 1. The molecular weight excluding hydrogens is 420 g/mol. The molecular formula is C22H18N2O6S. The van der Waals surface area contributed by atoms with E-state index in [0.29, 0.717) is 0 Å². The van der Waals surface area contributed by atoms with Crippen molar-refractivity contribution in [1.29, 1.82) is 0 Å². The normalized spacial score (nSPS) is 18.9. The summed E-state index contributed by atoms with van der Waals surface area (Å²) in [6, 6.07) is 7.42. The van der Waals surface area contributed by atoms with Crippen molar-refractivity contribution in [3.8, 4) is 0 Å². The minimum Gasteiger partial charge on any atom is -0.288 e. The average molecular weight is 438 g/mol. The van der Waals surface area contributed by atoms with E-state index >= 15 is 0 Å². The van der Waals surface area contributed by atoms with Gasteiger partial charge in [-0.25, -0.2) is 8.42 Å². The summed E-state index contributed by atoms with van der Waals surface area (Å²) in [5.41, 5.74) is 0.378. The van der Waals surface area contributed by atoms with Crippen molar-refractivity contribution in [2.24, 2.45) is 0 Å². The van der Waals surface area contributed by atoms with Crippen LogP contribution in [0.2, 0.25) is 0 Å². The number of rotatable bonds is 3. The molecule has 1 aliphatic carbocycles. The lowest BCUT2D eigenvalue weighted by molar-refractivity contribution is 0.0548. The molecule has 1 fully saturated rings. The highest BCUT2D eigenvalue weighted by molar-refractivity contribution is 7.91. The number of carbonyl (C=O) groups excluding carboxylic acids is 4. The molecule has 5 rings (SSSR count). The number of fused-ring (bicyclic) bond motifs is 2. The van der Waals surface area contributed by atoms with E-state index in [-0.39, 0.29) is 44.0 Å². The average Bonchev–Trinajstić information content (AvgIpc) is 3.20. The maximum atomic E-state index is 13.2. The fourth-order valence-corrected chi connectivity index (χ4v) is 5.84. The van der Waals surface area contributed by atoms with Gasteiger partial charge in [-0.3, -0.25) is 29.4 Å². The second-order valence-corrected chi connectivity index (χ2v) is 9.92. The van der Waals surface area contributed by atoms with E-state index in [2.05, 4.69) is 5.32 Å². The van der Waals surface area contributed by atoms with Crippen molar-refractivity contribution < 1.29 is 27.6 Å². The van der Waals surface area contributed by atoms with Gasteiger partial charge in [0, 0.05) is 6.04 Å². The van der Waals surface area contributed by atoms with Crippen LogP contribution < -0.4 is 5.32 Å². The summed E-state index contributed by atoms with van der Waals surface area (Å²) >= 11 is 0. The van der Waals surface area contributed by atoms with E-state index in [1.54, 1.807) is 0 Å². The van der Waals surface area contributed by atoms with Crippen molar-refractivity contribution in [1.82, 2.24) is 10.2 Å². The van der Waals surface area contributed by atoms with E-state index in [0.717, 1.165) is 38.2 Å². The van der Waals surface area contributed by atoms with Crippen LogP contribution in [0.4, 0.5) is 0 Å². The Balaban J connectivity index is 1.52. The lowest BCUT2D eigenvalue weighted by Crippen LogP contribution is -2.40. The van der Waals surface area contributed by atoms with E-state index in [1.165, 1.54) is 35.2 Å². The van der Waals surface area contributed by atoms with Gasteiger partial charge in [-0.15, -0.1) is 0 Å². The monoisotopic (exact) mass is 438 g/mol. The second kappa shape index (κ2) is 6.84. The van der Waals surface area contributed by atoms with Crippen LogP contribution in [0.5, 0.6) is 0 Å². The summed E-state index contributed by atoms with van der Waals surface area (Å²) in [4.78, 5) is 50.3. The highest BCUT2D eigenvalue weighted by Gasteiger charge is 2.41. The molecule has 4 amide bonds. The van der Waals surface area contributed by atoms with E-state index in [9.17, 15) is 27.6 Å². The number of nitrogens with zero attached hydrogens (tertiary/aromatic N) is 1. The number of sulfone groups is 1. The molecule has 31 heavy (non-hydrogen) atoms. The molecule has 0 atom stereocenters. The fraction of sp³-hybridized carbons (Fsp3) is 0.273. The van der Waals surface area contributed by atoms with Crippen LogP contribution in [0, 0.1) is 0 Å². The summed E-state index contributed by atoms with van der Waals surface area (Å²) in [5.74, 6) is -2.09. The molecule has 2 aliphatic heterocycles. The molecule has 0 spiro atoms. The minimum atomic E-state index is -4.08. The molecule has 0 radical (unpaired) electrons. The maximum Gasteiger partial charge on any atom is 0.261 e. The lowest BCUT2D eigenvalue weighted by Gasteiger charge is -2.29. The number of imide groups is 2. The molecule has 9 heteroatoms. The first kappa shape index (κ1) is 19.6. The summed E-state index contributed by atoms with van der Waals surface area (Å²) in [7, 11) is -4.08. The Bertz CT molecular complexity index is 1290. The number of benzene rings is 2. The van der Waals surface area contributed by atoms with Crippen molar-refractivity contribution in [3.05, 3.63) is 58.7 Å². The van der Waals surface area contributed by atoms with Crippen LogP contribution in [0.25, 0.3) is 0 Å². The fourth-order valence-electron chi connectivity index (χ4n) is 4.53. The first-order valence-corrected chi connectivity index (χ1v) is 11.5. The van der Waals surface area contributed by atoms with E-state index in [4.69, 9.17) is 0 Å². The van der Waals surface area contributed by atoms with E-state index < -0.39 is 27.6 Å². The summed E-state index contributed by atoms with van der Waals surface area (Å²) in [6.45, 7) is 0. The first-order chi connectivity index (χ1) is 14.8. The Kier molecular flexibility index (Phi) is 4.33.